The van der Waals surface area contributed by atoms with Gasteiger partial charge in [0.05, 0.1) is 16.7 Å². The first-order valence-electron chi connectivity index (χ1n) is 12.8. The van der Waals surface area contributed by atoms with Crippen molar-refractivity contribution < 1.29 is 49.4 Å². The van der Waals surface area contributed by atoms with Crippen LogP contribution in [0.15, 0.2) is 48.5 Å². The fraction of sp³-hybridized carbons (Fsp3) is 0.536. The van der Waals surface area contributed by atoms with Gasteiger partial charge in [0.25, 0.3) is 0 Å². The number of carboxylic acids is 1. The van der Waals surface area contributed by atoms with Gasteiger partial charge in [-0.15, -0.1) is 0 Å². The van der Waals surface area contributed by atoms with Gasteiger partial charge in [0, 0.05) is 19.0 Å². The summed E-state index contributed by atoms with van der Waals surface area (Å²) >= 11 is 0. The van der Waals surface area contributed by atoms with E-state index >= 15 is 0 Å². The Balaban J connectivity index is 0.000000469. The van der Waals surface area contributed by atoms with Gasteiger partial charge in [0.2, 0.25) is 0 Å². The van der Waals surface area contributed by atoms with E-state index in [9.17, 15) is 44.3 Å². The minimum atomic E-state index is -4.79. The number of hydrogen-bond donors (Lipinski definition) is 1. The lowest BCUT2D eigenvalue weighted by Gasteiger charge is -2.39. The second-order valence-corrected chi connectivity index (χ2v) is 10.2. The van der Waals surface area contributed by atoms with E-state index < -0.39 is 47.2 Å². The van der Waals surface area contributed by atoms with Crippen LogP contribution >= 0.6 is 0 Å². The van der Waals surface area contributed by atoms with E-state index in [0.717, 1.165) is 12.1 Å². The van der Waals surface area contributed by atoms with Crippen molar-refractivity contribution in [3.63, 3.8) is 0 Å². The third kappa shape index (κ3) is 10.3. The van der Waals surface area contributed by atoms with E-state index in [-0.39, 0.29) is 36.8 Å². The van der Waals surface area contributed by atoms with Crippen molar-refractivity contribution in [2.75, 3.05) is 13.1 Å². The van der Waals surface area contributed by atoms with Crippen molar-refractivity contribution >= 4 is 5.97 Å². The van der Waals surface area contributed by atoms with Gasteiger partial charge < -0.3 is 5.11 Å². The highest BCUT2D eigenvalue weighted by Crippen LogP contribution is 2.42. The molecule has 1 saturated heterocycles. The van der Waals surface area contributed by atoms with Gasteiger partial charge in [0.1, 0.15) is 0 Å². The van der Waals surface area contributed by atoms with Crippen LogP contribution in [0.4, 0.5) is 39.5 Å². The zero-order valence-corrected chi connectivity index (χ0v) is 22.0. The van der Waals surface area contributed by atoms with E-state index in [2.05, 4.69) is 0 Å². The summed E-state index contributed by atoms with van der Waals surface area (Å²) in [7, 11) is 0. The molecule has 3 rings (SSSR count). The maximum atomic E-state index is 13.7. The zero-order chi connectivity index (χ0) is 30.3. The maximum Gasteiger partial charge on any atom is 0.416 e. The molecule has 0 radical (unpaired) electrons. The van der Waals surface area contributed by atoms with Crippen LogP contribution in [0.3, 0.4) is 0 Å². The van der Waals surface area contributed by atoms with Crippen LogP contribution in [-0.4, -0.2) is 29.1 Å². The predicted molar refractivity (Wildman–Crippen MR) is 131 cm³/mol. The van der Waals surface area contributed by atoms with Gasteiger partial charge in [-0.2, -0.15) is 39.5 Å². The van der Waals surface area contributed by atoms with E-state index in [0.29, 0.717) is 44.0 Å². The molecular formula is C28H32F9NO2. The van der Waals surface area contributed by atoms with Crippen molar-refractivity contribution in [1.29, 1.82) is 0 Å². The smallest absolute Gasteiger partial charge is 0.416 e. The van der Waals surface area contributed by atoms with Gasteiger partial charge in [-0.1, -0.05) is 44.2 Å². The van der Waals surface area contributed by atoms with Crippen molar-refractivity contribution in [2.45, 2.75) is 70.5 Å². The number of carboxylic acid groups (broad SMARTS) is 1. The van der Waals surface area contributed by atoms with Gasteiger partial charge in [-0.3, -0.25) is 9.69 Å². The lowest BCUT2D eigenvalue weighted by molar-refractivity contribution is -0.142. The lowest BCUT2D eigenvalue weighted by Crippen LogP contribution is -2.39. The molecule has 1 aliphatic rings. The number of benzene rings is 2. The topological polar surface area (TPSA) is 40.5 Å². The van der Waals surface area contributed by atoms with Crippen LogP contribution in [0.2, 0.25) is 0 Å². The average molecular weight is 586 g/mol. The summed E-state index contributed by atoms with van der Waals surface area (Å²) in [6.07, 6.45) is -11.8. The highest BCUT2D eigenvalue weighted by Gasteiger charge is 2.40. The van der Waals surface area contributed by atoms with Gasteiger partial charge in [0.15, 0.2) is 0 Å². The molecule has 224 valence electrons. The Morgan fingerprint density at radius 1 is 0.875 bits per heavy atom. The number of halogens is 9. The molecule has 0 saturated carbocycles. The van der Waals surface area contributed by atoms with Crippen LogP contribution in [0.25, 0.3) is 0 Å². The summed E-state index contributed by atoms with van der Waals surface area (Å²) in [6, 6.07) is 7.10. The Bertz CT molecular complexity index is 1080. The first-order valence-corrected chi connectivity index (χ1v) is 12.8. The third-order valence-electron chi connectivity index (χ3n) is 6.62. The molecule has 0 amide bonds. The fourth-order valence-electron chi connectivity index (χ4n) is 4.72. The Morgan fingerprint density at radius 3 is 1.95 bits per heavy atom. The van der Waals surface area contributed by atoms with Gasteiger partial charge in [-0.05, 0) is 67.8 Å². The summed E-state index contributed by atoms with van der Waals surface area (Å²) < 4.78 is 116. The number of nitrogens with zero attached hydrogens (tertiary/aromatic N) is 1. The van der Waals surface area contributed by atoms with Gasteiger partial charge in [-0.25, -0.2) is 0 Å². The fourth-order valence-corrected chi connectivity index (χ4v) is 4.72. The Morgan fingerprint density at radius 2 is 1.48 bits per heavy atom. The average Bonchev–Trinajstić information content (AvgIpc) is 2.83. The normalized spacial score (nSPS) is 17.8. The van der Waals surface area contributed by atoms with E-state index in [4.69, 9.17) is 5.11 Å². The maximum absolute atomic E-state index is 13.7. The molecule has 1 aliphatic heterocycles. The molecule has 2 aromatic carbocycles. The van der Waals surface area contributed by atoms with Crippen molar-refractivity contribution in [2.24, 2.45) is 11.8 Å². The highest BCUT2D eigenvalue weighted by molar-refractivity contribution is 5.67. The van der Waals surface area contributed by atoms with Crippen molar-refractivity contribution in [1.82, 2.24) is 4.90 Å². The first kappa shape index (κ1) is 33.4. The largest absolute Gasteiger partial charge is 0.481 e. The molecule has 0 aliphatic carbocycles. The predicted octanol–water partition coefficient (Wildman–Crippen LogP) is 9.09. The summed E-state index contributed by atoms with van der Waals surface area (Å²) in [6.45, 7) is 4.48. The number of hydrogen-bond acceptors (Lipinski definition) is 2. The summed E-state index contributed by atoms with van der Waals surface area (Å²) in [5.41, 5.74) is -3.16. The summed E-state index contributed by atoms with van der Waals surface area (Å²) in [4.78, 5) is 12.8. The number of piperidine rings is 1. The molecule has 1 N–H and O–H groups in total. The molecule has 2 aromatic rings. The summed E-state index contributed by atoms with van der Waals surface area (Å²) in [5.74, 6) is -1.07. The third-order valence-corrected chi connectivity index (χ3v) is 6.62. The van der Waals surface area contributed by atoms with Crippen LogP contribution in [-0.2, 0) is 23.3 Å². The van der Waals surface area contributed by atoms with Crippen molar-refractivity contribution in [3.8, 4) is 0 Å². The molecular weight excluding hydrogens is 553 g/mol. The number of likely N-dealkylation sites (tertiary alicyclic amines) is 1. The number of alkyl halides is 9. The molecule has 2 atom stereocenters. The quantitative estimate of drug-likeness (QED) is 0.330. The number of carbonyl (C=O) groups is 1. The highest BCUT2D eigenvalue weighted by atomic mass is 19.4. The van der Waals surface area contributed by atoms with Crippen molar-refractivity contribution in [3.05, 3.63) is 70.8 Å². The second kappa shape index (κ2) is 13.7. The molecule has 1 fully saturated rings. The summed E-state index contributed by atoms with van der Waals surface area (Å²) in [5, 5.41) is 9.07. The Hall–Kier alpha value is -2.76. The minimum Gasteiger partial charge on any atom is -0.481 e. The van der Waals surface area contributed by atoms with E-state index in [1.165, 1.54) is 12.1 Å². The SMILES string of the molecule is CC(C)CCC(c1cc(C(F)(F)F)ccc1C(F)(F)F)N1CCCC(CC(=O)O)C1.FC(F)(F)c1ccccc1. The first-order chi connectivity index (χ1) is 18.4. The zero-order valence-electron chi connectivity index (χ0n) is 22.0. The standard InChI is InChI=1S/C21H27F6NO2.C7H5F3/c1-13(2)5-8-18(28-9-3-4-14(12-28)10-19(29)30)16-11-15(20(22,23)24)6-7-17(16)21(25,26)27;8-7(9,10)6-4-2-1-3-5-6/h6-7,11,13-14,18H,3-5,8-10,12H2,1-2H3,(H,29,30);1-5H. The molecule has 0 bridgehead atoms. The van der Waals surface area contributed by atoms with E-state index in [1.54, 1.807) is 11.0 Å². The van der Waals surface area contributed by atoms with E-state index in [1.807, 2.05) is 13.8 Å². The molecule has 1 heterocycles. The lowest BCUT2D eigenvalue weighted by atomic mass is 9.87. The molecule has 3 nitrogen and oxygen atoms in total. The molecule has 0 aromatic heterocycles. The second-order valence-electron chi connectivity index (χ2n) is 10.2. The van der Waals surface area contributed by atoms with Crippen LogP contribution in [0.1, 0.15) is 74.2 Å². The molecule has 2 unspecified atom stereocenters. The van der Waals surface area contributed by atoms with Gasteiger partial charge >= 0.3 is 24.5 Å². The number of rotatable bonds is 7. The Labute approximate surface area is 227 Å². The minimum absolute atomic E-state index is 0.109. The molecule has 40 heavy (non-hydrogen) atoms. The molecule has 0 spiro atoms. The Kier molecular flexibility index (Phi) is 11.5. The number of aliphatic carboxylic acids is 1. The monoisotopic (exact) mass is 585 g/mol. The van der Waals surface area contributed by atoms with Crippen LogP contribution in [0.5, 0.6) is 0 Å². The molecule has 12 heteroatoms. The van der Waals surface area contributed by atoms with Crippen LogP contribution < -0.4 is 0 Å². The van der Waals surface area contributed by atoms with Crippen LogP contribution in [0, 0.1) is 11.8 Å².